The molecule has 1 heterocycles. The van der Waals surface area contributed by atoms with Crippen LogP contribution in [0.25, 0.3) is 0 Å². The molecule has 1 saturated carbocycles. The van der Waals surface area contributed by atoms with Crippen LogP contribution in [0.15, 0.2) is 0 Å². The van der Waals surface area contributed by atoms with Gasteiger partial charge < -0.3 is 18.9 Å². The molecule has 0 aromatic rings. The van der Waals surface area contributed by atoms with Crippen molar-refractivity contribution in [1.29, 1.82) is 0 Å². The van der Waals surface area contributed by atoms with E-state index in [4.69, 9.17) is 18.9 Å². The molecule has 3 atom stereocenters. The van der Waals surface area contributed by atoms with E-state index >= 15 is 0 Å². The molecule has 2 aliphatic rings. The Bertz CT molecular complexity index is 217. The van der Waals surface area contributed by atoms with Crippen LogP contribution >= 0.6 is 0 Å². The molecule has 88 valence electrons. The SMILES string of the molecule is COCOC[C@@H]1C[C@H]1[C@H]1COC(C)(C)O1. The molecular weight excluding hydrogens is 196 g/mol. The summed E-state index contributed by atoms with van der Waals surface area (Å²) in [7, 11) is 1.64. The Kier molecular flexibility index (Phi) is 3.30. The lowest BCUT2D eigenvalue weighted by Crippen LogP contribution is -2.23. The van der Waals surface area contributed by atoms with Gasteiger partial charge in [-0.25, -0.2) is 0 Å². The van der Waals surface area contributed by atoms with Gasteiger partial charge in [-0.15, -0.1) is 0 Å². The van der Waals surface area contributed by atoms with Crippen molar-refractivity contribution in [3.05, 3.63) is 0 Å². The van der Waals surface area contributed by atoms with Crippen molar-refractivity contribution in [2.45, 2.75) is 32.2 Å². The molecule has 0 N–H and O–H groups in total. The fourth-order valence-corrected chi connectivity index (χ4v) is 2.13. The predicted octanol–water partition coefficient (Wildman–Crippen LogP) is 1.39. The molecule has 0 unspecified atom stereocenters. The average molecular weight is 216 g/mol. The third kappa shape index (κ3) is 2.91. The highest BCUT2D eigenvalue weighted by Gasteiger charge is 2.48. The van der Waals surface area contributed by atoms with Gasteiger partial charge in [0.25, 0.3) is 0 Å². The molecule has 15 heavy (non-hydrogen) atoms. The summed E-state index contributed by atoms with van der Waals surface area (Å²) in [5, 5.41) is 0. The van der Waals surface area contributed by atoms with Crippen LogP contribution in [0.4, 0.5) is 0 Å². The lowest BCUT2D eigenvalue weighted by Gasteiger charge is -2.17. The van der Waals surface area contributed by atoms with Crippen LogP contribution < -0.4 is 0 Å². The van der Waals surface area contributed by atoms with Gasteiger partial charge in [-0.1, -0.05) is 0 Å². The smallest absolute Gasteiger partial charge is 0.163 e. The van der Waals surface area contributed by atoms with E-state index in [1.165, 1.54) is 6.42 Å². The van der Waals surface area contributed by atoms with E-state index in [-0.39, 0.29) is 6.10 Å². The minimum absolute atomic E-state index is 0.260. The van der Waals surface area contributed by atoms with E-state index in [9.17, 15) is 0 Å². The largest absolute Gasteiger partial charge is 0.359 e. The monoisotopic (exact) mass is 216 g/mol. The van der Waals surface area contributed by atoms with Crippen LogP contribution in [0.2, 0.25) is 0 Å². The zero-order valence-electron chi connectivity index (χ0n) is 9.69. The molecule has 0 amide bonds. The summed E-state index contributed by atoms with van der Waals surface area (Å²) < 4.78 is 21.5. The number of hydrogen-bond donors (Lipinski definition) is 0. The predicted molar refractivity (Wildman–Crippen MR) is 54.3 cm³/mol. The second-order valence-corrected chi connectivity index (χ2v) is 4.80. The Hall–Kier alpha value is -0.160. The Morgan fingerprint density at radius 3 is 2.80 bits per heavy atom. The molecule has 2 rings (SSSR count). The summed E-state index contributed by atoms with van der Waals surface area (Å²) in [4.78, 5) is 0. The maximum atomic E-state index is 5.80. The number of methoxy groups -OCH3 is 1. The van der Waals surface area contributed by atoms with Crippen molar-refractivity contribution in [3.63, 3.8) is 0 Å². The first kappa shape index (κ1) is 11.3. The lowest BCUT2D eigenvalue weighted by atomic mass is 10.2. The molecule has 4 nitrogen and oxygen atoms in total. The topological polar surface area (TPSA) is 36.9 Å². The van der Waals surface area contributed by atoms with E-state index in [1.807, 2.05) is 13.8 Å². The van der Waals surface area contributed by atoms with Gasteiger partial charge in [0.15, 0.2) is 5.79 Å². The summed E-state index contributed by atoms with van der Waals surface area (Å²) in [5.74, 6) is 0.844. The minimum Gasteiger partial charge on any atom is -0.359 e. The van der Waals surface area contributed by atoms with E-state index in [0.717, 1.165) is 13.2 Å². The van der Waals surface area contributed by atoms with Crippen molar-refractivity contribution in [2.24, 2.45) is 11.8 Å². The van der Waals surface area contributed by atoms with Crippen LogP contribution in [0.5, 0.6) is 0 Å². The highest BCUT2D eigenvalue weighted by Crippen LogP contribution is 2.45. The van der Waals surface area contributed by atoms with Crippen LogP contribution in [-0.2, 0) is 18.9 Å². The Morgan fingerprint density at radius 2 is 2.20 bits per heavy atom. The quantitative estimate of drug-likeness (QED) is 0.514. The molecule has 0 bridgehead atoms. The van der Waals surface area contributed by atoms with Crippen molar-refractivity contribution >= 4 is 0 Å². The van der Waals surface area contributed by atoms with Crippen LogP contribution in [0, 0.1) is 11.8 Å². The number of ether oxygens (including phenoxy) is 4. The Labute approximate surface area is 90.8 Å². The molecule has 1 aliphatic carbocycles. The van der Waals surface area contributed by atoms with E-state index in [0.29, 0.717) is 18.6 Å². The maximum absolute atomic E-state index is 5.80. The van der Waals surface area contributed by atoms with Gasteiger partial charge in [0, 0.05) is 7.11 Å². The van der Waals surface area contributed by atoms with Gasteiger partial charge in [-0.3, -0.25) is 0 Å². The fraction of sp³-hybridized carbons (Fsp3) is 1.00. The van der Waals surface area contributed by atoms with Gasteiger partial charge in [0.1, 0.15) is 6.79 Å². The number of rotatable bonds is 5. The van der Waals surface area contributed by atoms with Crippen molar-refractivity contribution < 1.29 is 18.9 Å². The second kappa shape index (κ2) is 4.37. The zero-order valence-corrected chi connectivity index (χ0v) is 9.69. The van der Waals surface area contributed by atoms with Crippen molar-refractivity contribution in [2.75, 3.05) is 27.1 Å². The average Bonchev–Trinajstić information content (AvgIpc) is 2.84. The molecule has 4 heteroatoms. The first-order chi connectivity index (χ1) is 7.12. The van der Waals surface area contributed by atoms with Gasteiger partial charge in [-0.2, -0.15) is 0 Å². The van der Waals surface area contributed by atoms with Crippen LogP contribution in [-0.4, -0.2) is 39.0 Å². The van der Waals surface area contributed by atoms with Gasteiger partial charge >= 0.3 is 0 Å². The molecule has 0 aromatic heterocycles. The standard InChI is InChI=1S/C11H20O4/c1-11(2)14-6-10(15-11)9-4-8(9)5-13-7-12-3/h8-10H,4-7H2,1-3H3/t8-,9+,10+/m0/s1. The van der Waals surface area contributed by atoms with Crippen LogP contribution in [0.3, 0.4) is 0 Å². The van der Waals surface area contributed by atoms with E-state index in [2.05, 4.69) is 0 Å². The van der Waals surface area contributed by atoms with Gasteiger partial charge in [0.05, 0.1) is 19.3 Å². The summed E-state index contributed by atoms with van der Waals surface area (Å²) >= 11 is 0. The first-order valence-electron chi connectivity index (χ1n) is 5.51. The van der Waals surface area contributed by atoms with Crippen molar-refractivity contribution in [1.82, 2.24) is 0 Å². The maximum Gasteiger partial charge on any atom is 0.163 e. The lowest BCUT2D eigenvalue weighted by molar-refractivity contribution is -0.141. The Balaban J connectivity index is 1.66. The van der Waals surface area contributed by atoms with E-state index < -0.39 is 5.79 Å². The second-order valence-electron chi connectivity index (χ2n) is 4.80. The minimum atomic E-state index is -0.398. The summed E-state index contributed by atoms with van der Waals surface area (Å²) in [6.07, 6.45) is 1.45. The molecular formula is C11H20O4. The molecule has 0 radical (unpaired) electrons. The Morgan fingerprint density at radius 1 is 1.40 bits per heavy atom. The normalized spacial score (nSPS) is 38.2. The zero-order chi connectivity index (χ0) is 10.9. The highest BCUT2D eigenvalue weighted by molar-refractivity contribution is 4.94. The third-order valence-corrected chi connectivity index (χ3v) is 3.02. The molecule has 1 saturated heterocycles. The van der Waals surface area contributed by atoms with Gasteiger partial charge in [-0.05, 0) is 32.1 Å². The highest BCUT2D eigenvalue weighted by atomic mass is 16.7. The number of hydrogen-bond acceptors (Lipinski definition) is 4. The van der Waals surface area contributed by atoms with E-state index in [1.54, 1.807) is 7.11 Å². The fourth-order valence-electron chi connectivity index (χ4n) is 2.13. The summed E-state index contributed by atoms with van der Waals surface area (Å²) in [5.41, 5.74) is 0. The molecule has 0 aromatic carbocycles. The third-order valence-electron chi connectivity index (χ3n) is 3.02. The van der Waals surface area contributed by atoms with Crippen LogP contribution in [0.1, 0.15) is 20.3 Å². The molecule has 0 spiro atoms. The first-order valence-corrected chi connectivity index (χ1v) is 5.51. The molecule has 2 fully saturated rings. The summed E-state index contributed by atoms with van der Waals surface area (Å²) in [6, 6.07) is 0. The summed E-state index contributed by atoms with van der Waals surface area (Å²) in [6.45, 7) is 5.81. The van der Waals surface area contributed by atoms with Crippen molar-refractivity contribution in [3.8, 4) is 0 Å². The molecule has 1 aliphatic heterocycles. The van der Waals surface area contributed by atoms with Gasteiger partial charge in [0.2, 0.25) is 0 Å².